The number of carbonyl (C=O) groups is 2. The Labute approximate surface area is 158 Å². The van der Waals surface area contributed by atoms with Gasteiger partial charge in [-0.05, 0) is 44.2 Å². The van der Waals surface area contributed by atoms with Gasteiger partial charge in [-0.25, -0.2) is 4.79 Å². The fraction of sp³-hybridized carbons (Fsp3) is 0.556. The number of hydrogen-bond donors (Lipinski definition) is 1. The number of anilines is 1. The monoisotopic (exact) mass is 383 g/mol. The highest BCUT2D eigenvalue weighted by Gasteiger charge is 2.29. The zero-order valence-electron chi connectivity index (χ0n) is 14.1. The van der Waals surface area contributed by atoms with Gasteiger partial charge >= 0.3 is 6.03 Å². The highest BCUT2D eigenvalue weighted by molar-refractivity contribution is 6.43. The van der Waals surface area contributed by atoms with E-state index in [9.17, 15) is 9.59 Å². The number of benzene rings is 1. The number of nitrogens with one attached hydrogen (secondary N) is 1. The number of likely N-dealkylation sites (tertiary alicyclic amines) is 2. The first-order valence-corrected chi connectivity index (χ1v) is 9.61. The normalized spacial score (nSPS) is 20.9. The van der Waals surface area contributed by atoms with Gasteiger partial charge in [-0.2, -0.15) is 0 Å². The molecule has 136 valence electrons. The van der Waals surface area contributed by atoms with Crippen molar-refractivity contribution in [2.75, 3.05) is 25.0 Å². The average Bonchev–Trinajstić information content (AvgIpc) is 3.02. The zero-order valence-corrected chi connectivity index (χ0v) is 15.7. The molecule has 1 N–H and O–H groups in total. The highest BCUT2D eigenvalue weighted by atomic mass is 35.5. The summed E-state index contributed by atoms with van der Waals surface area (Å²) in [5, 5.41) is 3.65. The Morgan fingerprint density at radius 1 is 1.20 bits per heavy atom. The maximum Gasteiger partial charge on any atom is 0.322 e. The molecule has 0 saturated carbocycles. The number of carbonyl (C=O) groups excluding carboxylic acids is 2. The maximum atomic E-state index is 12.7. The molecule has 25 heavy (non-hydrogen) atoms. The molecular formula is C18H23Cl2N3O2. The molecule has 0 unspecified atom stereocenters. The van der Waals surface area contributed by atoms with Crippen molar-refractivity contribution in [2.24, 2.45) is 0 Å². The summed E-state index contributed by atoms with van der Waals surface area (Å²) in [6.45, 7) is 2.30. The van der Waals surface area contributed by atoms with E-state index in [1.165, 1.54) is 0 Å². The molecule has 3 amide bonds. The predicted molar refractivity (Wildman–Crippen MR) is 100 cm³/mol. The van der Waals surface area contributed by atoms with Crippen molar-refractivity contribution < 1.29 is 9.59 Å². The summed E-state index contributed by atoms with van der Waals surface area (Å²) in [4.78, 5) is 28.3. The van der Waals surface area contributed by atoms with Gasteiger partial charge < -0.3 is 15.1 Å². The van der Waals surface area contributed by atoms with Gasteiger partial charge in [-0.3, -0.25) is 4.79 Å². The van der Waals surface area contributed by atoms with Crippen molar-refractivity contribution in [3.63, 3.8) is 0 Å². The lowest BCUT2D eigenvalue weighted by molar-refractivity contribution is -0.127. The molecule has 2 fully saturated rings. The van der Waals surface area contributed by atoms with Crippen molar-refractivity contribution >= 4 is 40.8 Å². The van der Waals surface area contributed by atoms with Gasteiger partial charge in [0.2, 0.25) is 5.91 Å². The molecule has 1 atom stereocenters. The SMILES string of the molecule is O=C1CCCN1CC[C@@H]1CCCCN1C(=O)Nc1cccc(Cl)c1Cl. The Morgan fingerprint density at radius 3 is 2.80 bits per heavy atom. The quantitative estimate of drug-likeness (QED) is 0.837. The van der Waals surface area contributed by atoms with E-state index in [1.54, 1.807) is 18.2 Å². The molecule has 2 saturated heterocycles. The van der Waals surface area contributed by atoms with Crippen LogP contribution in [0.15, 0.2) is 18.2 Å². The molecule has 2 heterocycles. The summed E-state index contributed by atoms with van der Waals surface area (Å²) in [6.07, 6.45) is 5.50. The van der Waals surface area contributed by atoms with Crippen LogP contribution in [0.4, 0.5) is 10.5 Å². The molecule has 0 bridgehead atoms. The lowest BCUT2D eigenvalue weighted by Gasteiger charge is -2.36. The summed E-state index contributed by atoms with van der Waals surface area (Å²) in [5.41, 5.74) is 0.526. The standard InChI is InChI=1S/C18H23Cl2N3O2/c19-14-6-3-7-15(17(14)20)21-18(25)23-11-2-1-5-13(23)9-12-22-10-4-8-16(22)24/h3,6-7,13H,1-2,4-5,8-12H2,(H,21,25)/t13-/m0/s1. The zero-order chi connectivity index (χ0) is 17.8. The number of urea groups is 1. The van der Waals surface area contributed by atoms with Crippen LogP contribution in [-0.4, -0.2) is 47.4 Å². The second-order valence-electron chi connectivity index (χ2n) is 6.65. The Morgan fingerprint density at radius 2 is 2.04 bits per heavy atom. The molecule has 0 aromatic heterocycles. The first kappa shape index (κ1) is 18.3. The molecule has 7 heteroatoms. The molecule has 2 aliphatic heterocycles. The molecule has 3 rings (SSSR count). The van der Waals surface area contributed by atoms with Gasteiger partial charge in [0.05, 0.1) is 15.7 Å². The Balaban J connectivity index is 1.62. The van der Waals surface area contributed by atoms with Crippen LogP contribution in [0.5, 0.6) is 0 Å². The lowest BCUT2D eigenvalue weighted by atomic mass is 9.99. The van der Waals surface area contributed by atoms with Crippen LogP contribution in [0.3, 0.4) is 0 Å². The molecule has 0 aliphatic carbocycles. The Kier molecular flexibility index (Phi) is 6.07. The predicted octanol–water partition coefficient (Wildman–Crippen LogP) is 4.39. The van der Waals surface area contributed by atoms with Crippen LogP contribution in [0.1, 0.15) is 38.5 Å². The summed E-state index contributed by atoms with van der Waals surface area (Å²) < 4.78 is 0. The number of hydrogen-bond acceptors (Lipinski definition) is 2. The molecule has 0 radical (unpaired) electrons. The first-order chi connectivity index (χ1) is 12.1. The van der Waals surface area contributed by atoms with E-state index in [0.717, 1.165) is 51.7 Å². The number of piperidine rings is 1. The number of halogens is 2. The lowest BCUT2D eigenvalue weighted by Crippen LogP contribution is -2.47. The fourth-order valence-corrected chi connectivity index (χ4v) is 3.95. The van der Waals surface area contributed by atoms with Crippen molar-refractivity contribution in [1.82, 2.24) is 9.80 Å². The highest BCUT2D eigenvalue weighted by Crippen LogP contribution is 2.30. The van der Waals surface area contributed by atoms with E-state index < -0.39 is 0 Å². The third kappa shape index (κ3) is 4.39. The minimum absolute atomic E-state index is 0.151. The van der Waals surface area contributed by atoms with Crippen LogP contribution in [0, 0.1) is 0 Å². The summed E-state index contributed by atoms with van der Waals surface area (Å²) in [5.74, 6) is 0.234. The van der Waals surface area contributed by atoms with E-state index in [0.29, 0.717) is 22.2 Å². The average molecular weight is 384 g/mol. The minimum Gasteiger partial charge on any atom is -0.343 e. The molecule has 0 spiro atoms. The number of amides is 3. The van der Waals surface area contributed by atoms with E-state index in [4.69, 9.17) is 23.2 Å². The van der Waals surface area contributed by atoms with E-state index in [-0.39, 0.29) is 18.0 Å². The molecule has 2 aliphatic rings. The largest absolute Gasteiger partial charge is 0.343 e. The van der Waals surface area contributed by atoms with Gasteiger partial charge in [-0.15, -0.1) is 0 Å². The van der Waals surface area contributed by atoms with Crippen molar-refractivity contribution in [2.45, 2.75) is 44.6 Å². The summed E-state index contributed by atoms with van der Waals surface area (Å²) in [6, 6.07) is 5.20. The van der Waals surface area contributed by atoms with Gasteiger partial charge in [0, 0.05) is 32.1 Å². The van der Waals surface area contributed by atoms with Crippen molar-refractivity contribution in [3.05, 3.63) is 28.2 Å². The van der Waals surface area contributed by atoms with E-state index in [2.05, 4.69) is 5.32 Å². The summed E-state index contributed by atoms with van der Waals surface area (Å²) >= 11 is 12.2. The first-order valence-electron chi connectivity index (χ1n) is 8.85. The fourth-order valence-electron chi connectivity index (χ4n) is 3.60. The number of rotatable bonds is 4. The smallest absolute Gasteiger partial charge is 0.322 e. The van der Waals surface area contributed by atoms with Gasteiger partial charge in [0.1, 0.15) is 0 Å². The van der Waals surface area contributed by atoms with E-state index in [1.807, 2.05) is 9.80 Å². The molecular weight excluding hydrogens is 361 g/mol. The van der Waals surface area contributed by atoms with Crippen LogP contribution >= 0.6 is 23.2 Å². The summed E-state index contributed by atoms with van der Waals surface area (Å²) in [7, 11) is 0. The molecule has 1 aromatic rings. The van der Waals surface area contributed by atoms with Gasteiger partial charge in [-0.1, -0.05) is 29.3 Å². The minimum atomic E-state index is -0.151. The van der Waals surface area contributed by atoms with E-state index >= 15 is 0 Å². The Hall–Kier alpha value is -1.46. The third-order valence-corrected chi connectivity index (χ3v) is 5.80. The van der Waals surface area contributed by atoms with Crippen LogP contribution in [-0.2, 0) is 4.79 Å². The second kappa shape index (κ2) is 8.28. The topological polar surface area (TPSA) is 52.7 Å². The van der Waals surface area contributed by atoms with Crippen LogP contribution in [0.25, 0.3) is 0 Å². The Bertz CT molecular complexity index is 653. The van der Waals surface area contributed by atoms with Crippen LogP contribution in [0.2, 0.25) is 10.0 Å². The molecule has 1 aromatic carbocycles. The molecule has 5 nitrogen and oxygen atoms in total. The van der Waals surface area contributed by atoms with Crippen molar-refractivity contribution in [3.8, 4) is 0 Å². The second-order valence-corrected chi connectivity index (χ2v) is 7.43. The third-order valence-electron chi connectivity index (χ3n) is 4.98. The van der Waals surface area contributed by atoms with Gasteiger partial charge in [0.25, 0.3) is 0 Å². The van der Waals surface area contributed by atoms with Gasteiger partial charge in [0.15, 0.2) is 0 Å². The van der Waals surface area contributed by atoms with Crippen LogP contribution < -0.4 is 5.32 Å². The maximum absolute atomic E-state index is 12.7. The van der Waals surface area contributed by atoms with Crippen molar-refractivity contribution in [1.29, 1.82) is 0 Å². The number of nitrogens with zero attached hydrogens (tertiary/aromatic N) is 2.